The zero-order chi connectivity index (χ0) is 14.3. The SMILES string of the molecule is c1cn(C2CCCCC2)nc1COCCC1CCCCN1. The Balaban J connectivity index is 1.36. The zero-order valence-corrected chi connectivity index (χ0v) is 13.1. The lowest BCUT2D eigenvalue weighted by molar-refractivity contribution is 0.105. The summed E-state index contributed by atoms with van der Waals surface area (Å²) in [5.74, 6) is 0. The van der Waals surface area contributed by atoms with Gasteiger partial charge in [-0.05, 0) is 44.7 Å². The molecule has 1 N–H and O–H groups in total. The van der Waals surface area contributed by atoms with Gasteiger partial charge in [-0.25, -0.2) is 0 Å². The number of nitrogens with zero attached hydrogens (tertiary/aromatic N) is 2. The smallest absolute Gasteiger partial charge is 0.0906 e. The fraction of sp³-hybridized carbons (Fsp3) is 0.824. The molecule has 0 radical (unpaired) electrons. The molecule has 21 heavy (non-hydrogen) atoms. The second kappa shape index (κ2) is 7.95. The van der Waals surface area contributed by atoms with Crippen LogP contribution in [0, 0.1) is 0 Å². The number of hydrogen-bond donors (Lipinski definition) is 1. The summed E-state index contributed by atoms with van der Waals surface area (Å²) >= 11 is 0. The Bertz CT molecular complexity index is 406. The van der Waals surface area contributed by atoms with Gasteiger partial charge in [0.1, 0.15) is 0 Å². The molecule has 3 rings (SSSR count). The van der Waals surface area contributed by atoms with E-state index in [0.29, 0.717) is 18.7 Å². The van der Waals surface area contributed by atoms with Gasteiger partial charge in [-0.15, -0.1) is 0 Å². The van der Waals surface area contributed by atoms with E-state index in [0.717, 1.165) is 18.7 Å². The summed E-state index contributed by atoms with van der Waals surface area (Å²) in [6, 6.07) is 3.41. The lowest BCUT2D eigenvalue weighted by Crippen LogP contribution is -2.34. The molecule has 2 heterocycles. The minimum absolute atomic E-state index is 0.624. The Morgan fingerprint density at radius 2 is 2.00 bits per heavy atom. The first-order valence-electron chi connectivity index (χ1n) is 8.77. The topological polar surface area (TPSA) is 39.1 Å². The molecule has 0 aromatic carbocycles. The van der Waals surface area contributed by atoms with Crippen LogP contribution in [0.4, 0.5) is 0 Å². The fourth-order valence-corrected chi connectivity index (χ4v) is 3.58. The Morgan fingerprint density at radius 1 is 1.14 bits per heavy atom. The number of nitrogens with one attached hydrogen (secondary N) is 1. The zero-order valence-electron chi connectivity index (χ0n) is 13.1. The van der Waals surface area contributed by atoms with Crippen molar-refractivity contribution in [3.8, 4) is 0 Å². The van der Waals surface area contributed by atoms with Gasteiger partial charge >= 0.3 is 0 Å². The molecule has 1 atom stereocenters. The largest absolute Gasteiger partial charge is 0.375 e. The van der Waals surface area contributed by atoms with Crippen LogP contribution < -0.4 is 5.32 Å². The van der Waals surface area contributed by atoms with Crippen LogP contribution in [-0.2, 0) is 11.3 Å². The minimum Gasteiger partial charge on any atom is -0.375 e. The maximum atomic E-state index is 5.81. The maximum absolute atomic E-state index is 5.81. The van der Waals surface area contributed by atoms with E-state index in [1.165, 1.54) is 57.9 Å². The fourth-order valence-electron chi connectivity index (χ4n) is 3.58. The van der Waals surface area contributed by atoms with E-state index in [1.54, 1.807) is 0 Å². The van der Waals surface area contributed by atoms with E-state index in [4.69, 9.17) is 9.84 Å². The third-order valence-corrected chi connectivity index (χ3v) is 4.89. The Morgan fingerprint density at radius 3 is 2.81 bits per heavy atom. The van der Waals surface area contributed by atoms with Crippen molar-refractivity contribution < 1.29 is 4.74 Å². The van der Waals surface area contributed by atoms with Crippen molar-refractivity contribution in [2.75, 3.05) is 13.2 Å². The van der Waals surface area contributed by atoms with Gasteiger partial charge in [-0.1, -0.05) is 25.7 Å². The molecule has 1 aromatic rings. The molecule has 0 amide bonds. The van der Waals surface area contributed by atoms with Gasteiger partial charge in [-0.2, -0.15) is 5.10 Å². The van der Waals surface area contributed by atoms with Crippen molar-refractivity contribution in [3.63, 3.8) is 0 Å². The summed E-state index contributed by atoms with van der Waals surface area (Å²) in [4.78, 5) is 0. The summed E-state index contributed by atoms with van der Waals surface area (Å²) in [6.45, 7) is 2.68. The highest BCUT2D eigenvalue weighted by molar-refractivity contribution is 4.98. The summed E-state index contributed by atoms with van der Waals surface area (Å²) in [7, 11) is 0. The first-order valence-corrected chi connectivity index (χ1v) is 8.77. The quantitative estimate of drug-likeness (QED) is 0.816. The molecule has 2 fully saturated rings. The molecule has 2 aliphatic rings. The summed E-state index contributed by atoms with van der Waals surface area (Å²) in [6.07, 6.45) is 13.9. The van der Waals surface area contributed by atoms with Gasteiger partial charge in [0, 0.05) is 18.8 Å². The van der Waals surface area contributed by atoms with Crippen molar-refractivity contribution in [3.05, 3.63) is 18.0 Å². The second-order valence-electron chi connectivity index (χ2n) is 6.57. The predicted octanol–water partition coefficient (Wildman–Crippen LogP) is 3.44. The molecule has 4 nitrogen and oxygen atoms in total. The molecule has 1 unspecified atom stereocenters. The first kappa shape index (κ1) is 15.0. The van der Waals surface area contributed by atoms with E-state index in [2.05, 4.69) is 22.3 Å². The number of piperidine rings is 1. The Hall–Kier alpha value is -0.870. The first-order chi connectivity index (χ1) is 10.4. The lowest BCUT2D eigenvalue weighted by atomic mass is 9.96. The van der Waals surface area contributed by atoms with Crippen LogP contribution in [0.3, 0.4) is 0 Å². The highest BCUT2D eigenvalue weighted by atomic mass is 16.5. The third-order valence-electron chi connectivity index (χ3n) is 4.89. The van der Waals surface area contributed by atoms with Crippen LogP contribution in [-0.4, -0.2) is 29.0 Å². The molecule has 1 aliphatic carbocycles. The molecule has 0 spiro atoms. The van der Waals surface area contributed by atoms with Crippen LogP contribution in [0.25, 0.3) is 0 Å². The molecule has 0 bridgehead atoms. The summed E-state index contributed by atoms with van der Waals surface area (Å²) in [5.41, 5.74) is 1.08. The summed E-state index contributed by atoms with van der Waals surface area (Å²) < 4.78 is 7.97. The van der Waals surface area contributed by atoms with Crippen molar-refractivity contribution in [1.82, 2.24) is 15.1 Å². The maximum Gasteiger partial charge on any atom is 0.0906 e. The molecule has 1 saturated heterocycles. The van der Waals surface area contributed by atoms with Gasteiger partial charge in [0.2, 0.25) is 0 Å². The van der Waals surface area contributed by atoms with Gasteiger partial charge in [0.15, 0.2) is 0 Å². The van der Waals surface area contributed by atoms with Crippen LogP contribution in [0.15, 0.2) is 12.3 Å². The molecule has 1 aromatic heterocycles. The van der Waals surface area contributed by atoms with E-state index in [9.17, 15) is 0 Å². The molecule has 4 heteroatoms. The number of hydrogen-bond acceptors (Lipinski definition) is 3. The predicted molar refractivity (Wildman–Crippen MR) is 84.3 cm³/mol. The van der Waals surface area contributed by atoms with Crippen molar-refractivity contribution in [2.24, 2.45) is 0 Å². The van der Waals surface area contributed by atoms with E-state index >= 15 is 0 Å². The molecule has 1 saturated carbocycles. The van der Waals surface area contributed by atoms with Gasteiger partial charge in [0.05, 0.1) is 18.3 Å². The molecular formula is C17H29N3O. The van der Waals surface area contributed by atoms with E-state index < -0.39 is 0 Å². The molecule has 1 aliphatic heterocycles. The number of aromatic nitrogens is 2. The lowest BCUT2D eigenvalue weighted by Gasteiger charge is -2.23. The van der Waals surface area contributed by atoms with Crippen LogP contribution in [0.1, 0.15) is 69.5 Å². The molecular weight excluding hydrogens is 262 g/mol. The van der Waals surface area contributed by atoms with Crippen molar-refractivity contribution in [1.29, 1.82) is 0 Å². The van der Waals surface area contributed by atoms with Crippen LogP contribution in [0.5, 0.6) is 0 Å². The third kappa shape index (κ3) is 4.55. The van der Waals surface area contributed by atoms with Gasteiger partial charge < -0.3 is 10.1 Å². The van der Waals surface area contributed by atoms with Gasteiger partial charge in [0.25, 0.3) is 0 Å². The average Bonchev–Trinajstić information content (AvgIpc) is 3.02. The highest BCUT2D eigenvalue weighted by Crippen LogP contribution is 2.27. The average molecular weight is 291 g/mol. The van der Waals surface area contributed by atoms with E-state index in [1.807, 2.05) is 0 Å². The minimum atomic E-state index is 0.624. The number of rotatable bonds is 6. The highest BCUT2D eigenvalue weighted by Gasteiger charge is 2.16. The monoisotopic (exact) mass is 291 g/mol. The van der Waals surface area contributed by atoms with Crippen LogP contribution >= 0.6 is 0 Å². The Labute approximate surface area is 128 Å². The van der Waals surface area contributed by atoms with Crippen molar-refractivity contribution in [2.45, 2.75) is 76.5 Å². The summed E-state index contributed by atoms with van der Waals surface area (Å²) in [5, 5.41) is 8.26. The number of ether oxygens (including phenoxy) is 1. The van der Waals surface area contributed by atoms with Crippen LogP contribution in [0.2, 0.25) is 0 Å². The Kier molecular flexibility index (Phi) is 5.69. The standard InChI is InChI=1S/C17H29N3O/c1-2-7-17(8-3-1)20-12-9-16(19-20)14-21-13-10-15-6-4-5-11-18-15/h9,12,15,17-18H,1-8,10-11,13-14H2. The molecule has 118 valence electrons. The van der Waals surface area contributed by atoms with Crippen molar-refractivity contribution >= 4 is 0 Å². The normalized spacial score (nSPS) is 24.3. The van der Waals surface area contributed by atoms with Gasteiger partial charge in [-0.3, -0.25) is 4.68 Å². The second-order valence-corrected chi connectivity index (χ2v) is 6.57. The van der Waals surface area contributed by atoms with E-state index in [-0.39, 0.29) is 0 Å².